The molecule has 0 aliphatic heterocycles. The van der Waals surface area contributed by atoms with Gasteiger partial charge in [-0.1, -0.05) is 121 Å². The van der Waals surface area contributed by atoms with Gasteiger partial charge in [-0.2, -0.15) is 0 Å². The van der Waals surface area contributed by atoms with Crippen LogP contribution >= 0.6 is 0 Å². The summed E-state index contributed by atoms with van der Waals surface area (Å²) in [6, 6.07) is 44.8. The zero-order valence-corrected chi connectivity index (χ0v) is 22.5. The monoisotopic (exact) mass is 511 g/mol. The maximum atomic E-state index is 6.22. The third-order valence-corrected chi connectivity index (χ3v) is 13.3. The van der Waals surface area contributed by atoms with E-state index in [4.69, 9.17) is 17.2 Å². The molecule has 1 aliphatic rings. The molecule has 0 heterocycles. The van der Waals surface area contributed by atoms with E-state index in [9.17, 15) is 0 Å². The molecule has 188 valence electrons. The van der Waals surface area contributed by atoms with Crippen LogP contribution in [-0.4, -0.2) is 8.07 Å². The van der Waals surface area contributed by atoms with Crippen LogP contribution in [0.15, 0.2) is 121 Å². The molecular formula is C34H33N3Si. The van der Waals surface area contributed by atoms with E-state index in [0.717, 1.165) is 16.7 Å². The molecule has 0 saturated heterocycles. The highest BCUT2D eigenvalue weighted by atomic mass is 28.3. The molecule has 5 aromatic rings. The van der Waals surface area contributed by atoms with Gasteiger partial charge in [0.1, 0.15) is 0 Å². The Bertz CT molecular complexity index is 1450. The summed E-state index contributed by atoms with van der Waals surface area (Å²) < 4.78 is 0. The van der Waals surface area contributed by atoms with Crippen molar-refractivity contribution in [3.05, 3.63) is 149 Å². The van der Waals surface area contributed by atoms with Gasteiger partial charge in [-0.15, -0.1) is 0 Å². The topological polar surface area (TPSA) is 78.1 Å². The number of benzene rings is 5. The molecule has 0 spiro atoms. The Morgan fingerprint density at radius 2 is 0.816 bits per heavy atom. The van der Waals surface area contributed by atoms with Gasteiger partial charge in [0.2, 0.25) is 0 Å². The summed E-state index contributed by atoms with van der Waals surface area (Å²) in [4.78, 5) is 0. The van der Waals surface area contributed by atoms with Crippen molar-refractivity contribution in [3.63, 3.8) is 0 Å². The predicted octanol–water partition coefficient (Wildman–Crippen LogP) is 3.88. The van der Waals surface area contributed by atoms with Crippen molar-refractivity contribution in [3.8, 4) is 11.1 Å². The standard InChI is InChI=1S/C34H33N3Si/c35-21-24-8-5-11-27(18-24)38(28-12-6-9-25(19-28)22-36,29-13-7-10-26(20-29)23-37)34-32-16-3-1-14-30(32)31-15-2-4-17-33(31)34/h1-20,34H,21-23,35-37H2. The van der Waals surface area contributed by atoms with Gasteiger partial charge in [0.25, 0.3) is 0 Å². The number of rotatable bonds is 7. The number of fused-ring (bicyclic) bond motifs is 3. The molecule has 4 heteroatoms. The molecule has 6 rings (SSSR count). The second kappa shape index (κ2) is 10.2. The van der Waals surface area contributed by atoms with Gasteiger partial charge in [-0.3, -0.25) is 0 Å². The van der Waals surface area contributed by atoms with Crippen molar-refractivity contribution >= 4 is 23.6 Å². The van der Waals surface area contributed by atoms with Crippen LogP contribution in [0.25, 0.3) is 11.1 Å². The van der Waals surface area contributed by atoms with Crippen LogP contribution in [0.3, 0.4) is 0 Å². The lowest BCUT2D eigenvalue weighted by atomic mass is 10.1. The van der Waals surface area contributed by atoms with E-state index in [1.807, 2.05) is 0 Å². The van der Waals surface area contributed by atoms with E-state index in [0.29, 0.717) is 19.6 Å². The first-order valence-corrected chi connectivity index (χ1v) is 15.3. The number of nitrogens with two attached hydrogens (primary N) is 3. The van der Waals surface area contributed by atoms with E-state index in [2.05, 4.69) is 121 Å². The van der Waals surface area contributed by atoms with Crippen molar-refractivity contribution in [2.24, 2.45) is 17.2 Å². The molecule has 0 amide bonds. The second-order valence-corrected chi connectivity index (χ2v) is 14.1. The molecule has 0 aromatic heterocycles. The van der Waals surface area contributed by atoms with Crippen LogP contribution in [0.4, 0.5) is 0 Å². The average molecular weight is 512 g/mol. The van der Waals surface area contributed by atoms with E-state index in [1.54, 1.807) is 0 Å². The van der Waals surface area contributed by atoms with Gasteiger partial charge < -0.3 is 17.2 Å². The number of hydrogen-bond acceptors (Lipinski definition) is 3. The molecule has 0 atom stereocenters. The van der Waals surface area contributed by atoms with Crippen LogP contribution < -0.4 is 32.8 Å². The molecule has 6 N–H and O–H groups in total. The largest absolute Gasteiger partial charge is 0.326 e. The van der Waals surface area contributed by atoms with Crippen molar-refractivity contribution in [1.29, 1.82) is 0 Å². The van der Waals surface area contributed by atoms with Gasteiger partial charge in [-0.25, -0.2) is 0 Å². The first-order valence-electron chi connectivity index (χ1n) is 13.3. The zero-order valence-electron chi connectivity index (χ0n) is 21.5. The highest BCUT2D eigenvalue weighted by Crippen LogP contribution is 2.48. The summed E-state index contributed by atoms with van der Waals surface area (Å²) in [5.41, 5.74) is 27.7. The fourth-order valence-electron chi connectivity index (χ4n) is 6.45. The Labute approximate surface area is 226 Å². The van der Waals surface area contributed by atoms with Gasteiger partial charge in [-0.05, 0) is 54.5 Å². The summed E-state index contributed by atoms with van der Waals surface area (Å²) >= 11 is 0. The predicted molar refractivity (Wildman–Crippen MR) is 161 cm³/mol. The molecular weight excluding hydrogens is 478 g/mol. The molecule has 0 saturated carbocycles. The summed E-state index contributed by atoms with van der Waals surface area (Å²) in [6.45, 7) is 1.51. The molecule has 0 bridgehead atoms. The molecule has 3 nitrogen and oxygen atoms in total. The minimum absolute atomic E-state index is 0.170. The Morgan fingerprint density at radius 1 is 0.447 bits per heavy atom. The zero-order chi connectivity index (χ0) is 26.1. The molecule has 0 fully saturated rings. The van der Waals surface area contributed by atoms with Gasteiger partial charge in [0.15, 0.2) is 8.07 Å². The van der Waals surface area contributed by atoms with Crippen molar-refractivity contribution in [2.75, 3.05) is 0 Å². The molecule has 0 radical (unpaired) electrons. The SMILES string of the molecule is NCc1cccc([Si](c2cccc(CN)c2)(c2cccc(CN)c2)C2c3ccccc3-c3ccccc32)c1. The smallest absolute Gasteiger partial charge is 0.159 e. The van der Waals surface area contributed by atoms with E-state index in [-0.39, 0.29) is 5.54 Å². The van der Waals surface area contributed by atoms with E-state index >= 15 is 0 Å². The lowest BCUT2D eigenvalue weighted by molar-refractivity contribution is 1.07. The van der Waals surface area contributed by atoms with Crippen LogP contribution in [0.1, 0.15) is 33.4 Å². The fraction of sp³-hybridized carbons (Fsp3) is 0.118. The van der Waals surface area contributed by atoms with E-state index in [1.165, 1.54) is 37.8 Å². The van der Waals surface area contributed by atoms with Crippen LogP contribution in [0.2, 0.25) is 0 Å². The fourth-order valence-corrected chi connectivity index (χ4v) is 12.2. The number of hydrogen-bond donors (Lipinski definition) is 3. The van der Waals surface area contributed by atoms with Gasteiger partial charge in [0, 0.05) is 25.2 Å². The quantitative estimate of drug-likeness (QED) is 0.229. The van der Waals surface area contributed by atoms with Gasteiger partial charge in [0.05, 0.1) is 0 Å². The van der Waals surface area contributed by atoms with Crippen LogP contribution in [0, 0.1) is 0 Å². The minimum atomic E-state index is -2.80. The molecule has 1 aliphatic carbocycles. The Morgan fingerprint density at radius 3 is 1.18 bits per heavy atom. The minimum Gasteiger partial charge on any atom is -0.326 e. The lowest BCUT2D eigenvalue weighted by Gasteiger charge is -2.41. The Balaban J connectivity index is 1.80. The highest BCUT2D eigenvalue weighted by molar-refractivity contribution is 7.12. The molecule has 0 unspecified atom stereocenters. The Kier molecular flexibility index (Phi) is 6.56. The van der Waals surface area contributed by atoms with Crippen LogP contribution in [0.5, 0.6) is 0 Å². The average Bonchev–Trinajstić information content (AvgIpc) is 3.33. The first-order chi connectivity index (χ1) is 18.7. The van der Waals surface area contributed by atoms with Crippen LogP contribution in [-0.2, 0) is 19.6 Å². The van der Waals surface area contributed by atoms with E-state index < -0.39 is 8.07 Å². The summed E-state index contributed by atoms with van der Waals surface area (Å²) in [5.74, 6) is 0. The normalized spacial score (nSPS) is 12.8. The van der Waals surface area contributed by atoms with Crippen molar-refractivity contribution in [1.82, 2.24) is 0 Å². The Hall–Kier alpha value is -3.80. The summed E-state index contributed by atoms with van der Waals surface area (Å²) in [5, 5.41) is 4.04. The second-order valence-electron chi connectivity index (χ2n) is 10.1. The van der Waals surface area contributed by atoms with Crippen molar-refractivity contribution < 1.29 is 0 Å². The highest BCUT2D eigenvalue weighted by Gasteiger charge is 2.51. The molecule has 38 heavy (non-hydrogen) atoms. The maximum absolute atomic E-state index is 6.22. The third-order valence-electron chi connectivity index (χ3n) is 8.12. The lowest BCUT2D eigenvalue weighted by Crippen LogP contribution is -2.71. The summed E-state index contributed by atoms with van der Waals surface area (Å²) in [7, 11) is -2.80. The first kappa shape index (κ1) is 24.5. The van der Waals surface area contributed by atoms with Gasteiger partial charge >= 0.3 is 0 Å². The third kappa shape index (κ3) is 3.85. The van der Waals surface area contributed by atoms with Crippen molar-refractivity contribution in [2.45, 2.75) is 25.2 Å². The summed E-state index contributed by atoms with van der Waals surface area (Å²) in [6.07, 6.45) is 0. The molecule has 5 aromatic carbocycles. The maximum Gasteiger partial charge on any atom is 0.159 e.